The predicted molar refractivity (Wildman–Crippen MR) is 116 cm³/mol. The number of carbonyl (C=O) groups excluding carboxylic acids is 2. The van der Waals surface area contributed by atoms with Gasteiger partial charge in [-0.15, -0.1) is 0 Å². The van der Waals surface area contributed by atoms with E-state index in [9.17, 15) is 18.0 Å². The lowest BCUT2D eigenvalue weighted by molar-refractivity contribution is -0.133. The number of carbonyl (C=O) groups is 2. The molecule has 1 saturated heterocycles. The first-order chi connectivity index (χ1) is 14.7. The van der Waals surface area contributed by atoms with E-state index in [1.165, 1.54) is 4.90 Å². The Bertz CT molecular complexity index is 1120. The third kappa shape index (κ3) is 4.57. The average molecular weight is 444 g/mol. The third-order valence-corrected chi connectivity index (χ3v) is 6.36. The SMILES string of the molecule is CN1CC(=O)N2C[C@H](NS(C)(=O)=O)C[C@H]2COc2ccccc2-c2ccccc2C1=O. The van der Waals surface area contributed by atoms with Gasteiger partial charge in [-0.2, -0.15) is 0 Å². The monoisotopic (exact) mass is 443 g/mol. The minimum absolute atomic E-state index is 0.100. The number of ether oxygens (including phenoxy) is 1. The number of fused-ring (bicyclic) bond motifs is 4. The fourth-order valence-electron chi connectivity index (χ4n) is 4.24. The Morgan fingerprint density at radius 1 is 1.00 bits per heavy atom. The number of rotatable bonds is 2. The van der Waals surface area contributed by atoms with Crippen LogP contribution in [-0.4, -0.2) is 75.1 Å². The molecule has 1 N–H and O–H groups in total. The Labute approximate surface area is 181 Å². The van der Waals surface area contributed by atoms with Crippen molar-refractivity contribution >= 4 is 21.8 Å². The maximum atomic E-state index is 13.2. The zero-order valence-corrected chi connectivity index (χ0v) is 18.3. The molecule has 0 saturated carbocycles. The van der Waals surface area contributed by atoms with Crippen molar-refractivity contribution in [2.24, 2.45) is 0 Å². The maximum Gasteiger partial charge on any atom is 0.254 e. The first-order valence-corrected chi connectivity index (χ1v) is 12.0. The van der Waals surface area contributed by atoms with E-state index in [2.05, 4.69) is 4.72 Å². The first-order valence-electron chi connectivity index (χ1n) is 10.1. The highest BCUT2D eigenvalue weighted by atomic mass is 32.2. The van der Waals surface area contributed by atoms with Crippen LogP contribution in [-0.2, 0) is 14.8 Å². The number of hydrogen-bond donors (Lipinski definition) is 1. The summed E-state index contributed by atoms with van der Waals surface area (Å²) in [5.41, 5.74) is 2.02. The molecule has 2 amide bonds. The summed E-state index contributed by atoms with van der Waals surface area (Å²) in [6.07, 6.45) is 1.54. The summed E-state index contributed by atoms with van der Waals surface area (Å²) < 4.78 is 32.1. The Morgan fingerprint density at radius 3 is 2.35 bits per heavy atom. The molecule has 164 valence electrons. The lowest BCUT2D eigenvalue weighted by Crippen LogP contribution is -2.46. The number of nitrogens with zero attached hydrogens (tertiary/aromatic N) is 2. The Morgan fingerprint density at radius 2 is 1.65 bits per heavy atom. The fourth-order valence-corrected chi connectivity index (χ4v) is 5.02. The van der Waals surface area contributed by atoms with E-state index < -0.39 is 16.1 Å². The zero-order valence-electron chi connectivity index (χ0n) is 17.4. The Hall–Kier alpha value is -2.91. The number of amides is 2. The van der Waals surface area contributed by atoms with Gasteiger partial charge in [0.05, 0.1) is 18.8 Å². The fraction of sp³-hybridized carbons (Fsp3) is 0.364. The maximum absolute atomic E-state index is 13.2. The van der Waals surface area contributed by atoms with Crippen LogP contribution in [0.15, 0.2) is 48.5 Å². The number of para-hydroxylation sites is 1. The highest BCUT2D eigenvalue weighted by Gasteiger charge is 2.38. The molecule has 2 aromatic rings. The molecule has 0 spiro atoms. The molecule has 0 unspecified atom stereocenters. The van der Waals surface area contributed by atoms with Gasteiger partial charge in [0, 0.05) is 30.8 Å². The summed E-state index contributed by atoms with van der Waals surface area (Å²) in [5, 5.41) is 0. The Kier molecular flexibility index (Phi) is 5.72. The van der Waals surface area contributed by atoms with Gasteiger partial charge in [-0.05, 0) is 24.1 Å². The number of hydrogen-bond acceptors (Lipinski definition) is 5. The molecule has 31 heavy (non-hydrogen) atoms. The minimum Gasteiger partial charge on any atom is -0.491 e. The molecule has 1 fully saturated rings. The van der Waals surface area contributed by atoms with E-state index in [-0.39, 0.29) is 37.6 Å². The second-order valence-corrected chi connectivity index (χ2v) is 9.82. The number of likely N-dealkylation sites (N-methyl/N-ethyl adjacent to an activating group) is 1. The van der Waals surface area contributed by atoms with Crippen LogP contribution in [0.25, 0.3) is 11.1 Å². The molecule has 0 bridgehead atoms. The smallest absolute Gasteiger partial charge is 0.254 e. The highest BCUT2D eigenvalue weighted by Crippen LogP contribution is 2.34. The van der Waals surface area contributed by atoms with E-state index in [1.54, 1.807) is 24.1 Å². The summed E-state index contributed by atoms with van der Waals surface area (Å²) >= 11 is 0. The molecular formula is C22H25N3O5S. The molecule has 0 aliphatic carbocycles. The molecule has 2 atom stereocenters. The van der Waals surface area contributed by atoms with Crippen LogP contribution in [0.3, 0.4) is 0 Å². The molecule has 0 radical (unpaired) electrons. The Balaban J connectivity index is 1.73. The number of benzene rings is 2. The van der Waals surface area contributed by atoms with Crippen molar-refractivity contribution in [3.05, 3.63) is 54.1 Å². The van der Waals surface area contributed by atoms with Gasteiger partial charge in [-0.1, -0.05) is 36.4 Å². The number of nitrogens with one attached hydrogen (secondary N) is 1. The predicted octanol–water partition coefficient (Wildman–Crippen LogP) is 1.34. The quantitative estimate of drug-likeness (QED) is 0.756. The average Bonchev–Trinajstić information content (AvgIpc) is 3.12. The summed E-state index contributed by atoms with van der Waals surface area (Å²) in [4.78, 5) is 29.2. The van der Waals surface area contributed by atoms with Crippen molar-refractivity contribution in [3.63, 3.8) is 0 Å². The van der Waals surface area contributed by atoms with Crippen molar-refractivity contribution in [2.75, 3.05) is 33.0 Å². The second kappa shape index (κ2) is 8.32. The van der Waals surface area contributed by atoms with E-state index in [0.29, 0.717) is 17.7 Å². The summed E-state index contributed by atoms with van der Waals surface area (Å²) in [6.45, 7) is 0.363. The highest BCUT2D eigenvalue weighted by molar-refractivity contribution is 7.88. The largest absolute Gasteiger partial charge is 0.491 e. The summed E-state index contributed by atoms with van der Waals surface area (Å²) in [5.74, 6) is 0.104. The molecule has 2 heterocycles. The third-order valence-electron chi connectivity index (χ3n) is 5.60. The lowest BCUT2D eigenvalue weighted by Gasteiger charge is -2.28. The van der Waals surface area contributed by atoms with Crippen LogP contribution >= 0.6 is 0 Å². The van der Waals surface area contributed by atoms with Crippen LogP contribution in [0.5, 0.6) is 5.75 Å². The van der Waals surface area contributed by atoms with Crippen LogP contribution in [0.1, 0.15) is 16.8 Å². The van der Waals surface area contributed by atoms with Crippen molar-refractivity contribution in [1.82, 2.24) is 14.5 Å². The van der Waals surface area contributed by atoms with Crippen LogP contribution in [0.2, 0.25) is 0 Å². The van der Waals surface area contributed by atoms with Crippen molar-refractivity contribution in [1.29, 1.82) is 0 Å². The zero-order chi connectivity index (χ0) is 22.2. The standard InChI is InChI=1S/C22H25N3O5S/c1-24-13-21(26)25-12-15(23-31(2,28)29)11-16(25)14-30-20-10-6-5-8-18(20)17-7-3-4-9-19(17)22(24)27/h3-10,15-16,23H,11-14H2,1-2H3/t15-,16+/m1/s1. The molecule has 2 aliphatic rings. The van der Waals surface area contributed by atoms with Gasteiger partial charge in [-0.25, -0.2) is 13.1 Å². The first kappa shape index (κ1) is 21.3. The molecule has 8 nitrogen and oxygen atoms in total. The summed E-state index contributed by atoms with van der Waals surface area (Å²) in [7, 11) is -1.81. The summed E-state index contributed by atoms with van der Waals surface area (Å²) in [6, 6.07) is 14.0. The van der Waals surface area contributed by atoms with Gasteiger partial charge in [0.25, 0.3) is 5.91 Å². The van der Waals surface area contributed by atoms with E-state index in [0.717, 1.165) is 17.4 Å². The van der Waals surface area contributed by atoms with Gasteiger partial charge in [-0.3, -0.25) is 9.59 Å². The molecule has 0 aromatic heterocycles. The number of sulfonamides is 1. The lowest BCUT2D eigenvalue weighted by atomic mass is 9.98. The molecule has 9 heteroatoms. The van der Waals surface area contributed by atoms with Gasteiger partial charge in [0.15, 0.2) is 0 Å². The van der Waals surface area contributed by atoms with E-state index in [4.69, 9.17) is 4.74 Å². The van der Waals surface area contributed by atoms with E-state index in [1.807, 2.05) is 36.4 Å². The van der Waals surface area contributed by atoms with Gasteiger partial charge >= 0.3 is 0 Å². The topological polar surface area (TPSA) is 96.0 Å². The normalized spacial score (nSPS) is 22.0. The van der Waals surface area contributed by atoms with Crippen molar-refractivity contribution < 1.29 is 22.7 Å². The van der Waals surface area contributed by atoms with Crippen LogP contribution < -0.4 is 9.46 Å². The molecule has 4 rings (SSSR count). The van der Waals surface area contributed by atoms with Gasteiger partial charge in [0.1, 0.15) is 12.4 Å². The van der Waals surface area contributed by atoms with Gasteiger partial charge < -0.3 is 14.5 Å². The van der Waals surface area contributed by atoms with Crippen molar-refractivity contribution in [2.45, 2.75) is 18.5 Å². The molecule has 2 aliphatic heterocycles. The minimum atomic E-state index is -3.41. The van der Waals surface area contributed by atoms with Crippen LogP contribution in [0.4, 0.5) is 0 Å². The molecular weight excluding hydrogens is 418 g/mol. The van der Waals surface area contributed by atoms with E-state index >= 15 is 0 Å². The van der Waals surface area contributed by atoms with Crippen LogP contribution in [0, 0.1) is 0 Å². The van der Waals surface area contributed by atoms with Gasteiger partial charge in [0.2, 0.25) is 15.9 Å². The van der Waals surface area contributed by atoms with Crippen molar-refractivity contribution in [3.8, 4) is 16.9 Å². The molecule has 2 aromatic carbocycles. The second-order valence-electron chi connectivity index (χ2n) is 8.04.